The maximum atomic E-state index is 9.68. The standard InChI is InChI=1S/C12H14N2O/c1-12(2,15)8-10-6-5-9-4-3-7-13-11(9)14-10/h3-7,15H,8H2,1-2H3. The lowest BCUT2D eigenvalue weighted by atomic mass is 10.0. The van der Waals surface area contributed by atoms with Crippen molar-refractivity contribution in [2.24, 2.45) is 0 Å². The molecule has 3 heteroatoms. The van der Waals surface area contributed by atoms with Crippen molar-refractivity contribution in [3.63, 3.8) is 0 Å². The molecule has 15 heavy (non-hydrogen) atoms. The smallest absolute Gasteiger partial charge is 0.159 e. The summed E-state index contributed by atoms with van der Waals surface area (Å²) in [5, 5.41) is 10.7. The second kappa shape index (κ2) is 3.59. The second-order valence-electron chi connectivity index (χ2n) is 4.34. The lowest BCUT2D eigenvalue weighted by Crippen LogP contribution is -2.22. The van der Waals surface area contributed by atoms with Crippen molar-refractivity contribution in [2.45, 2.75) is 25.9 Å². The molecule has 0 saturated carbocycles. The average Bonchev–Trinajstić information content (AvgIpc) is 2.15. The van der Waals surface area contributed by atoms with E-state index >= 15 is 0 Å². The molecule has 0 aliphatic carbocycles. The van der Waals surface area contributed by atoms with Gasteiger partial charge in [-0.05, 0) is 38.1 Å². The molecule has 1 N–H and O–H groups in total. The first-order chi connectivity index (χ1) is 7.04. The second-order valence-corrected chi connectivity index (χ2v) is 4.34. The van der Waals surface area contributed by atoms with Crippen LogP contribution in [0.2, 0.25) is 0 Å². The van der Waals surface area contributed by atoms with E-state index in [1.54, 1.807) is 20.0 Å². The van der Waals surface area contributed by atoms with Gasteiger partial charge in [-0.3, -0.25) is 0 Å². The Morgan fingerprint density at radius 2 is 2.07 bits per heavy atom. The van der Waals surface area contributed by atoms with Gasteiger partial charge in [-0.1, -0.05) is 0 Å². The molecule has 3 nitrogen and oxygen atoms in total. The minimum absolute atomic E-state index is 0.541. The topological polar surface area (TPSA) is 46.0 Å². The maximum Gasteiger partial charge on any atom is 0.159 e. The van der Waals surface area contributed by atoms with E-state index in [0.717, 1.165) is 16.7 Å². The third-order valence-electron chi connectivity index (χ3n) is 2.14. The Labute approximate surface area is 88.8 Å². The van der Waals surface area contributed by atoms with E-state index in [1.807, 2.05) is 24.3 Å². The van der Waals surface area contributed by atoms with Gasteiger partial charge in [0.05, 0.1) is 5.60 Å². The summed E-state index contributed by atoms with van der Waals surface area (Å²) >= 11 is 0. The Hall–Kier alpha value is -1.48. The van der Waals surface area contributed by atoms with Gasteiger partial charge in [-0.25, -0.2) is 9.97 Å². The largest absolute Gasteiger partial charge is 0.390 e. The van der Waals surface area contributed by atoms with Crippen LogP contribution >= 0.6 is 0 Å². The van der Waals surface area contributed by atoms with E-state index in [9.17, 15) is 5.11 Å². The van der Waals surface area contributed by atoms with Gasteiger partial charge in [0.1, 0.15) is 0 Å². The highest BCUT2D eigenvalue weighted by atomic mass is 16.3. The Bertz CT molecular complexity index is 474. The first-order valence-corrected chi connectivity index (χ1v) is 4.98. The van der Waals surface area contributed by atoms with Crippen LogP contribution in [0.1, 0.15) is 19.5 Å². The number of rotatable bonds is 2. The number of pyridine rings is 2. The Balaban J connectivity index is 2.39. The molecule has 2 heterocycles. The molecule has 0 fully saturated rings. The molecule has 0 aliphatic heterocycles. The minimum Gasteiger partial charge on any atom is -0.390 e. The first kappa shape index (κ1) is 10.1. The number of aliphatic hydroxyl groups is 1. The molecular formula is C12H14N2O. The molecular weight excluding hydrogens is 188 g/mol. The molecule has 78 valence electrons. The summed E-state index contributed by atoms with van der Waals surface area (Å²) in [4.78, 5) is 8.57. The molecule has 0 amide bonds. The summed E-state index contributed by atoms with van der Waals surface area (Å²) in [7, 11) is 0. The minimum atomic E-state index is -0.727. The van der Waals surface area contributed by atoms with Gasteiger partial charge in [0.15, 0.2) is 5.65 Å². The molecule has 2 aromatic heterocycles. The molecule has 0 radical (unpaired) electrons. The van der Waals surface area contributed by atoms with E-state index in [0.29, 0.717) is 6.42 Å². The van der Waals surface area contributed by atoms with Crippen molar-refractivity contribution in [2.75, 3.05) is 0 Å². The van der Waals surface area contributed by atoms with Crippen LogP contribution in [-0.2, 0) is 6.42 Å². The van der Waals surface area contributed by atoms with E-state index in [-0.39, 0.29) is 0 Å². The summed E-state index contributed by atoms with van der Waals surface area (Å²) in [5.74, 6) is 0. The zero-order valence-corrected chi connectivity index (χ0v) is 8.94. The number of hydrogen-bond donors (Lipinski definition) is 1. The fraction of sp³-hybridized carbons (Fsp3) is 0.333. The first-order valence-electron chi connectivity index (χ1n) is 4.98. The quantitative estimate of drug-likeness (QED) is 0.809. The van der Waals surface area contributed by atoms with Crippen molar-refractivity contribution in [3.8, 4) is 0 Å². The SMILES string of the molecule is CC(C)(O)Cc1ccc2cccnc2n1. The van der Waals surface area contributed by atoms with Crippen molar-refractivity contribution < 1.29 is 5.11 Å². The summed E-state index contributed by atoms with van der Waals surface area (Å²) in [6.45, 7) is 3.55. The average molecular weight is 202 g/mol. The number of nitrogens with zero attached hydrogens (tertiary/aromatic N) is 2. The van der Waals surface area contributed by atoms with Crippen molar-refractivity contribution in [3.05, 3.63) is 36.2 Å². The Morgan fingerprint density at radius 1 is 1.27 bits per heavy atom. The van der Waals surface area contributed by atoms with Gasteiger partial charge < -0.3 is 5.11 Å². The van der Waals surface area contributed by atoms with Crippen LogP contribution in [0.5, 0.6) is 0 Å². The number of aromatic nitrogens is 2. The predicted molar refractivity (Wildman–Crippen MR) is 59.5 cm³/mol. The molecule has 0 spiro atoms. The van der Waals surface area contributed by atoms with Crippen LogP contribution in [0.4, 0.5) is 0 Å². The van der Waals surface area contributed by atoms with Crippen LogP contribution in [0.3, 0.4) is 0 Å². The van der Waals surface area contributed by atoms with Crippen LogP contribution < -0.4 is 0 Å². The Morgan fingerprint density at radius 3 is 2.80 bits per heavy atom. The van der Waals surface area contributed by atoms with Gasteiger partial charge in [0, 0.05) is 23.7 Å². The summed E-state index contributed by atoms with van der Waals surface area (Å²) in [6.07, 6.45) is 2.27. The molecule has 0 saturated heterocycles. The monoisotopic (exact) mass is 202 g/mol. The zero-order valence-electron chi connectivity index (χ0n) is 8.94. The van der Waals surface area contributed by atoms with Crippen molar-refractivity contribution >= 4 is 11.0 Å². The van der Waals surface area contributed by atoms with Gasteiger partial charge in [0.25, 0.3) is 0 Å². The third-order valence-corrected chi connectivity index (χ3v) is 2.14. The van der Waals surface area contributed by atoms with Gasteiger partial charge in [0.2, 0.25) is 0 Å². The van der Waals surface area contributed by atoms with E-state index in [4.69, 9.17) is 0 Å². The maximum absolute atomic E-state index is 9.68. The molecule has 2 aromatic rings. The van der Waals surface area contributed by atoms with Gasteiger partial charge >= 0.3 is 0 Å². The molecule has 0 bridgehead atoms. The van der Waals surface area contributed by atoms with Gasteiger partial charge in [-0.2, -0.15) is 0 Å². The van der Waals surface area contributed by atoms with Crippen molar-refractivity contribution in [1.82, 2.24) is 9.97 Å². The van der Waals surface area contributed by atoms with E-state index < -0.39 is 5.60 Å². The summed E-state index contributed by atoms with van der Waals surface area (Å²) in [6, 6.07) is 7.78. The van der Waals surface area contributed by atoms with Crippen LogP contribution in [-0.4, -0.2) is 20.7 Å². The van der Waals surface area contributed by atoms with Crippen LogP contribution in [0, 0.1) is 0 Å². The fourth-order valence-electron chi connectivity index (χ4n) is 1.53. The Kier molecular flexibility index (Phi) is 2.40. The lowest BCUT2D eigenvalue weighted by molar-refractivity contribution is 0.0800. The van der Waals surface area contributed by atoms with Crippen molar-refractivity contribution in [1.29, 1.82) is 0 Å². The summed E-state index contributed by atoms with van der Waals surface area (Å²) in [5.41, 5.74) is 0.878. The lowest BCUT2D eigenvalue weighted by Gasteiger charge is -2.16. The van der Waals surface area contributed by atoms with Gasteiger partial charge in [-0.15, -0.1) is 0 Å². The molecule has 0 atom stereocenters. The number of hydrogen-bond acceptors (Lipinski definition) is 3. The van der Waals surface area contributed by atoms with E-state index in [2.05, 4.69) is 9.97 Å². The van der Waals surface area contributed by atoms with Crippen LogP contribution in [0.15, 0.2) is 30.5 Å². The molecule has 2 rings (SSSR count). The highest BCUT2D eigenvalue weighted by Gasteiger charge is 2.14. The molecule has 0 aliphatic rings. The number of fused-ring (bicyclic) bond motifs is 1. The molecule has 0 aromatic carbocycles. The summed E-state index contributed by atoms with van der Waals surface area (Å²) < 4.78 is 0. The molecule has 0 unspecified atom stereocenters. The highest BCUT2D eigenvalue weighted by molar-refractivity contribution is 5.74. The normalized spacial score (nSPS) is 11.9. The van der Waals surface area contributed by atoms with E-state index in [1.165, 1.54) is 0 Å². The predicted octanol–water partition coefficient (Wildman–Crippen LogP) is 1.94. The van der Waals surface area contributed by atoms with Crippen LogP contribution in [0.25, 0.3) is 11.0 Å². The zero-order chi connectivity index (χ0) is 10.9. The fourth-order valence-corrected chi connectivity index (χ4v) is 1.53. The third kappa shape index (κ3) is 2.50. The highest BCUT2D eigenvalue weighted by Crippen LogP contribution is 2.14.